The second kappa shape index (κ2) is 5.55. The Balaban J connectivity index is 1.99. The molecule has 0 saturated carbocycles. The molecule has 2 heterocycles. The summed E-state index contributed by atoms with van der Waals surface area (Å²) in [5.41, 5.74) is 11.7. The van der Waals surface area contributed by atoms with Gasteiger partial charge in [-0.2, -0.15) is 9.30 Å². The van der Waals surface area contributed by atoms with Gasteiger partial charge in [0.25, 0.3) is 0 Å². The SMILES string of the molecule is NC(N)=Nc1nc2ccc(S(=O)(=O)N3CCOCC3)cc2[nH]1. The third kappa shape index (κ3) is 2.75. The number of nitrogens with two attached hydrogens (primary N) is 2. The Kier molecular flexibility index (Phi) is 3.72. The van der Waals surface area contributed by atoms with Crippen molar-refractivity contribution in [1.29, 1.82) is 0 Å². The summed E-state index contributed by atoms with van der Waals surface area (Å²) < 4.78 is 31.8. The van der Waals surface area contributed by atoms with E-state index in [1.807, 2.05) is 0 Å². The molecule has 0 unspecified atom stereocenters. The Hall–Kier alpha value is -2.17. The number of sulfonamides is 1. The Morgan fingerprint density at radius 1 is 1.32 bits per heavy atom. The van der Waals surface area contributed by atoms with Crippen LogP contribution in [0, 0.1) is 0 Å². The summed E-state index contributed by atoms with van der Waals surface area (Å²) in [4.78, 5) is 11.0. The minimum atomic E-state index is -3.55. The number of aliphatic imine (C=N–C) groups is 1. The van der Waals surface area contributed by atoms with E-state index in [0.717, 1.165) is 0 Å². The van der Waals surface area contributed by atoms with Crippen LogP contribution >= 0.6 is 0 Å². The highest BCUT2D eigenvalue weighted by Crippen LogP contribution is 2.23. The minimum absolute atomic E-state index is 0.125. The highest BCUT2D eigenvalue weighted by atomic mass is 32.2. The molecule has 1 aromatic heterocycles. The zero-order chi connectivity index (χ0) is 15.7. The summed E-state index contributed by atoms with van der Waals surface area (Å²) >= 11 is 0. The van der Waals surface area contributed by atoms with Crippen molar-refractivity contribution in [1.82, 2.24) is 14.3 Å². The first-order valence-corrected chi connectivity index (χ1v) is 8.08. The topological polar surface area (TPSA) is 140 Å². The number of hydrogen-bond donors (Lipinski definition) is 3. The van der Waals surface area contributed by atoms with Gasteiger partial charge in [0.15, 0.2) is 5.96 Å². The molecule has 0 spiro atoms. The molecule has 1 fully saturated rings. The van der Waals surface area contributed by atoms with Gasteiger partial charge in [-0.25, -0.2) is 13.4 Å². The van der Waals surface area contributed by atoms with Crippen LogP contribution in [0.3, 0.4) is 0 Å². The molecule has 10 heteroatoms. The van der Waals surface area contributed by atoms with Crippen molar-refractivity contribution in [3.63, 3.8) is 0 Å². The third-order valence-electron chi connectivity index (χ3n) is 3.28. The molecule has 0 radical (unpaired) electrons. The molecule has 0 aliphatic carbocycles. The third-order valence-corrected chi connectivity index (χ3v) is 5.18. The molecular weight excluding hydrogens is 308 g/mol. The van der Waals surface area contributed by atoms with Gasteiger partial charge in [-0.1, -0.05) is 0 Å². The lowest BCUT2D eigenvalue weighted by Gasteiger charge is -2.25. The minimum Gasteiger partial charge on any atom is -0.379 e. The number of imidazole rings is 1. The van der Waals surface area contributed by atoms with Crippen molar-refractivity contribution in [3.05, 3.63) is 18.2 Å². The van der Waals surface area contributed by atoms with Crippen LogP contribution in [0.15, 0.2) is 28.1 Å². The van der Waals surface area contributed by atoms with Crippen LogP contribution < -0.4 is 11.5 Å². The molecule has 1 aliphatic heterocycles. The summed E-state index contributed by atoms with van der Waals surface area (Å²) in [6, 6.07) is 4.66. The van der Waals surface area contributed by atoms with Crippen LogP contribution in [0.2, 0.25) is 0 Å². The van der Waals surface area contributed by atoms with E-state index in [0.29, 0.717) is 37.3 Å². The van der Waals surface area contributed by atoms with Gasteiger partial charge in [0, 0.05) is 13.1 Å². The van der Waals surface area contributed by atoms with Crippen molar-refractivity contribution in [2.75, 3.05) is 26.3 Å². The number of fused-ring (bicyclic) bond motifs is 1. The Morgan fingerprint density at radius 3 is 2.73 bits per heavy atom. The Bertz CT molecular complexity index is 818. The molecule has 3 rings (SSSR count). The van der Waals surface area contributed by atoms with E-state index in [2.05, 4.69) is 15.0 Å². The van der Waals surface area contributed by atoms with Crippen molar-refractivity contribution in [2.24, 2.45) is 16.5 Å². The van der Waals surface area contributed by atoms with Gasteiger partial charge in [0.05, 0.1) is 29.1 Å². The van der Waals surface area contributed by atoms with E-state index in [4.69, 9.17) is 16.2 Å². The Morgan fingerprint density at radius 2 is 2.05 bits per heavy atom. The maximum absolute atomic E-state index is 12.6. The first-order chi connectivity index (χ1) is 10.5. The summed E-state index contributed by atoms with van der Waals surface area (Å²) in [5, 5.41) is 0. The maximum Gasteiger partial charge on any atom is 0.243 e. The fraction of sp³-hybridized carbons (Fsp3) is 0.333. The average molecular weight is 324 g/mol. The summed E-state index contributed by atoms with van der Waals surface area (Å²) in [5.74, 6) is 0.108. The zero-order valence-corrected chi connectivity index (χ0v) is 12.5. The number of H-pyrrole nitrogens is 1. The first kappa shape index (κ1) is 14.8. The van der Waals surface area contributed by atoms with Crippen LogP contribution in [0.25, 0.3) is 11.0 Å². The molecule has 1 aromatic carbocycles. The fourth-order valence-electron chi connectivity index (χ4n) is 2.25. The number of aromatic nitrogens is 2. The van der Waals surface area contributed by atoms with Crippen LogP contribution in [0.4, 0.5) is 5.95 Å². The van der Waals surface area contributed by atoms with E-state index < -0.39 is 10.0 Å². The lowest BCUT2D eigenvalue weighted by molar-refractivity contribution is 0.0730. The van der Waals surface area contributed by atoms with Crippen LogP contribution in [-0.4, -0.2) is 55.0 Å². The number of hydrogen-bond acceptors (Lipinski definition) is 5. The number of aromatic amines is 1. The van der Waals surface area contributed by atoms with E-state index >= 15 is 0 Å². The second-order valence-corrected chi connectivity index (χ2v) is 6.73. The number of rotatable bonds is 3. The molecule has 22 heavy (non-hydrogen) atoms. The van der Waals surface area contributed by atoms with E-state index in [1.165, 1.54) is 16.4 Å². The molecule has 9 nitrogen and oxygen atoms in total. The van der Waals surface area contributed by atoms with Gasteiger partial charge in [0.2, 0.25) is 16.0 Å². The molecular formula is C12H16N6O3S. The van der Waals surface area contributed by atoms with Crippen LogP contribution in [-0.2, 0) is 14.8 Å². The molecule has 1 aliphatic rings. The van der Waals surface area contributed by atoms with E-state index in [-0.39, 0.29) is 16.8 Å². The largest absolute Gasteiger partial charge is 0.379 e. The average Bonchev–Trinajstić information content (AvgIpc) is 2.88. The quantitative estimate of drug-likeness (QED) is 0.513. The van der Waals surface area contributed by atoms with Gasteiger partial charge in [-0.15, -0.1) is 0 Å². The standard InChI is InChI=1S/C12H16N6O3S/c13-11(14)17-12-15-9-2-1-8(7-10(9)16-12)22(19,20)18-3-5-21-6-4-18/h1-2,7H,3-6H2,(H5,13,14,15,16,17). The van der Waals surface area contributed by atoms with Crippen molar-refractivity contribution in [3.8, 4) is 0 Å². The maximum atomic E-state index is 12.6. The number of guanidine groups is 1. The number of nitrogens with zero attached hydrogens (tertiary/aromatic N) is 3. The van der Waals surface area contributed by atoms with Gasteiger partial charge >= 0.3 is 0 Å². The molecule has 118 valence electrons. The monoisotopic (exact) mass is 324 g/mol. The molecule has 2 aromatic rings. The Labute approximate surface area is 127 Å². The lowest BCUT2D eigenvalue weighted by Crippen LogP contribution is -2.40. The van der Waals surface area contributed by atoms with Crippen LogP contribution in [0.5, 0.6) is 0 Å². The van der Waals surface area contributed by atoms with Crippen LogP contribution in [0.1, 0.15) is 0 Å². The number of morpholine rings is 1. The number of ether oxygens (including phenoxy) is 1. The van der Waals surface area contributed by atoms with Crippen molar-refractivity contribution < 1.29 is 13.2 Å². The molecule has 0 atom stereocenters. The summed E-state index contributed by atoms with van der Waals surface area (Å²) in [6.45, 7) is 1.51. The fourth-order valence-corrected chi connectivity index (χ4v) is 3.68. The van der Waals surface area contributed by atoms with Gasteiger partial charge < -0.3 is 21.2 Å². The summed E-state index contributed by atoms with van der Waals surface area (Å²) in [6.07, 6.45) is 0. The van der Waals surface area contributed by atoms with Crippen molar-refractivity contribution >= 4 is 33.0 Å². The zero-order valence-electron chi connectivity index (χ0n) is 11.7. The van der Waals surface area contributed by atoms with Gasteiger partial charge in [0.1, 0.15) is 0 Å². The molecule has 1 saturated heterocycles. The molecule has 0 bridgehead atoms. The van der Waals surface area contributed by atoms with Gasteiger partial charge in [-0.05, 0) is 18.2 Å². The lowest BCUT2D eigenvalue weighted by atomic mass is 10.3. The smallest absolute Gasteiger partial charge is 0.243 e. The number of nitrogens with one attached hydrogen (secondary N) is 1. The highest BCUT2D eigenvalue weighted by molar-refractivity contribution is 7.89. The highest BCUT2D eigenvalue weighted by Gasteiger charge is 2.26. The predicted octanol–water partition coefficient (Wildman–Crippen LogP) is -0.511. The van der Waals surface area contributed by atoms with E-state index in [1.54, 1.807) is 6.07 Å². The van der Waals surface area contributed by atoms with Gasteiger partial charge in [-0.3, -0.25) is 0 Å². The normalized spacial score (nSPS) is 16.7. The van der Waals surface area contributed by atoms with E-state index in [9.17, 15) is 8.42 Å². The van der Waals surface area contributed by atoms with Crippen molar-refractivity contribution in [2.45, 2.75) is 4.90 Å². The first-order valence-electron chi connectivity index (χ1n) is 6.64. The molecule has 0 amide bonds. The number of benzene rings is 1. The predicted molar refractivity (Wildman–Crippen MR) is 81.1 cm³/mol. The molecule has 5 N–H and O–H groups in total. The summed E-state index contributed by atoms with van der Waals surface area (Å²) in [7, 11) is -3.55. The second-order valence-electron chi connectivity index (χ2n) is 4.79.